The van der Waals surface area contributed by atoms with Crippen LogP contribution in [0.5, 0.6) is 5.75 Å². The molecule has 4 nitrogen and oxygen atoms in total. The van der Waals surface area contributed by atoms with E-state index in [9.17, 15) is 0 Å². The largest absolute Gasteiger partial charge is 0.491 e. The van der Waals surface area contributed by atoms with Gasteiger partial charge in [-0.05, 0) is 5.92 Å². The first kappa shape index (κ1) is 8.99. The van der Waals surface area contributed by atoms with Gasteiger partial charge < -0.3 is 9.72 Å². The molecule has 74 valence electrons. The molecular weight excluding hydrogens is 178 g/mol. The van der Waals surface area contributed by atoms with E-state index in [0.29, 0.717) is 18.2 Å². The predicted octanol–water partition coefficient (Wildman–Crippen LogP) is 1.99. The Balaban J connectivity index is 2.27. The molecule has 0 aromatic carbocycles. The molecule has 0 unspecified atom stereocenters. The number of aromatic nitrogens is 3. The third kappa shape index (κ3) is 1.69. The van der Waals surface area contributed by atoms with Crippen molar-refractivity contribution in [3.05, 3.63) is 18.6 Å². The molecule has 0 fully saturated rings. The molecule has 4 heteroatoms. The van der Waals surface area contributed by atoms with Gasteiger partial charge in [0, 0.05) is 12.3 Å². The van der Waals surface area contributed by atoms with Crippen LogP contribution in [0.4, 0.5) is 0 Å². The van der Waals surface area contributed by atoms with Gasteiger partial charge in [-0.2, -0.15) is 0 Å². The maximum absolute atomic E-state index is 5.63. The summed E-state index contributed by atoms with van der Waals surface area (Å²) < 4.78 is 5.63. The van der Waals surface area contributed by atoms with E-state index in [-0.39, 0.29) is 0 Å². The highest BCUT2D eigenvalue weighted by molar-refractivity contribution is 5.76. The lowest BCUT2D eigenvalue weighted by Crippen LogP contribution is -2.04. The van der Waals surface area contributed by atoms with Crippen molar-refractivity contribution >= 4 is 11.2 Å². The van der Waals surface area contributed by atoms with Crippen molar-refractivity contribution in [2.75, 3.05) is 6.61 Å². The van der Waals surface area contributed by atoms with Gasteiger partial charge in [0.2, 0.25) is 0 Å². The molecule has 2 aromatic heterocycles. The first-order chi connectivity index (χ1) is 6.77. The van der Waals surface area contributed by atoms with Gasteiger partial charge in [-0.3, -0.25) is 0 Å². The summed E-state index contributed by atoms with van der Waals surface area (Å²) in [5.74, 6) is 1.34. The lowest BCUT2D eigenvalue weighted by molar-refractivity contribution is 0.273. The van der Waals surface area contributed by atoms with Crippen molar-refractivity contribution in [2.24, 2.45) is 5.92 Å². The summed E-state index contributed by atoms with van der Waals surface area (Å²) in [6, 6.07) is 1.85. The third-order valence-corrected chi connectivity index (χ3v) is 1.86. The molecule has 0 saturated carbocycles. The maximum atomic E-state index is 5.63. The zero-order valence-corrected chi connectivity index (χ0v) is 8.32. The average molecular weight is 191 g/mol. The van der Waals surface area contributed by atoms with E-state index < -0.39 is 0 Å². The minimum Gasteiger partial charge on any atom is -0.491 e. The van der Waals surface area contributed by atoms with Gasteiger partial charge in [0.05, 0.1) is 12.9 Å². The minimum atomic E-state index is 0.515. The fourth-order valence-electron chi connectivity index (χ4n) is 1.20. The summed E-state index contributed by atoms with van der Waals surface area (Å²) in [5, 5.41) is 0. The van der Waals surface area contributed by atoms with Crippen LogP contribution in [0.15, 0.2) is 18.6 Å². The molecule has 0 bridgehead atoms. The van der Waals surface area contributed by atoms with Crippen LogP contribution in [-0.2, 0) is 0 Å². The second-order valence-corrected chi connectivity index (χ2v) is 3.62. The molecule has 0 saturated heterocycles. The van der Waals surface area contributed by atoms with Gasteiger partial charge in [0.25, 0.3) is 0 Å². The van der Waals surface area contributed by atoms with Gasteiger partial charge in [-0.1, -0.05) is 13.8 Å². The summed E-state index contributed by atoms with van der Waals surface area (Å²) in [5.41, 5.74) is 1.57. The number of aromatic amines is 1. The monoisotopic (exact) mass is 191 g/mol. The fraction of sp³-hybridized carbons (Fsp3) is 0.400. The Morgan fingerprint density at radius 2 is 2.29 bits per heavy atom. The second kappa shape index (κ2) is 3.65. The van der Waals surface area contributed by atoms with Crippen LogP contribution in [0, 0.1) is 5.92 Å². The van der Waals surface area contributed by atoms with Gasteiger partial charge in [-0.15, -0.1) is 0 Å². The molecule has 14 heavy (non-hydrogen) atoms. The molecule has 1 N–H and O–H groups in total. The average Bonchev–Trinajstić information content (AvgIpc) is 2.62. The summed E-state index contributed by atoms with van der Waals surface area (Å²) in [4.78, 5) is 11.2. The smallest absolute Gasteiger partial charge is 0.181 e. The highest BCUT2D eigenvalue weighted by Gasteiger charge is 2.05. The highest BCUT2D eigenvalue weighted by atomic mass is 16.5. The van der Waals surface area contributed by atoms with Crippen molar-refractivity contribution in [3.63, 3.8) is 0 Å². The summed E-state index contributed by atoms with van der Waals surface area (Å²) in [6.07, 6.45) is 3.33. The number of rotatable bonds is 3. The Hall–Kier alpha value is -1.58. The number of pyridine rings is 1. The number of fused-ring (bicyclic) bond motifs is 1. The highest BCUT2D eigenvalue weighted by Crippen LogP contribution is 2.20. The van der Waals surface area contributed by atoms with Crippen molar-refractivity contribution in [1.29, 1.82) is 0 Å². The Kier molecular flexibility index (Phi) is 2.35. The molecule has 2 rings (SSSR count). The van der Waals surface area contributed by atoms with E-state index in [2.05, 4.69) is 28.8 Å². The summed E-state index contributed by atoms with van der Waals surface area (Å²) >= 11 is 0. The number of ether oxygens (including phenoxy) is 1. The molecule has 0 amide bonds. The first-order valence-electron chi connectivity index (χ1n) is 4.68. The van der Waals surface area contributed by atoms with Gasteiger partial charge >= 0.3 is 0 Å². The molecule has 2 heterocycles. The zero-order chi connectivity index (χ0) is 9.97. The minimum absolute atomic E-state index is 0.515. The van der Waals surface area contributed by atoms with Gasteiger partial charge in [0.15, 0.2) is 5.65 Å². The molecule has 2 aromatic rings. The lowest BCUT2D eigenvalue weighted by Gasteiger charge is -2.08. The van der Waals surface area contributed by atoms with Crippen molar-refractivity contribution in [1.82, 2.24) is 15.0 Å². The van der Waals surface area contributed by atoms with E-state index in [1.165, 1.54) is 0 Å². The van der Waals surface area contributed by atoms with Crippen LogP contribution in [-0.4, -0.2) is 21.6 Å². The third-order valence-electron chi connectivity index (χ3n) is 1.86. The Labute approximate surface area is 82.3 Å². The molecule has 0 radical (unpaired) electrons. The Morgan fingerprint density at radius 1 is 1.43 bits per heavy atom. The van der Waals surface area contributed by atoms with Crippen LogP contribution in [0.1, 0.15) is 13.8 Å². The zero-order valence-electron chi connectivity index (χ0n) is 8.32. The summed E-state index contributed by atoms with van der Waals surface area (Å²) in [6.45, 7) is 4.94. The lowest BCUT2D eigenvalue weighted by atomic mass is 10.2. The number of hydrogen-bond donors (Lipinski definition) is 1. The van der Waals surface area contributed by atoms with Crippen molar-refractivity contribution < 1.29 is 4.74 Å². The van der Waals surface area contributed by atoms with E-state index in [1.807, 2.05) is 6.07 Å². The maximum Gasteiger partial charge on any atom is 0.181 e. The predicted molar refractivity (Wildman–Crippen MR) is 54.2 cm³/mol. The quantitative estimate of drug-likeness (QED) is 0.807. The molecule has 0 spiro atoms. The molecule has 0 aliphatic rings. The number of H-pyrrole nitrogens is 1. The van der Waals surface area contributed by atoms with Crippen LogP contribution in [0.25, 0.3) is 11.2 Å². The number of hydrogen-bond acceptors (Lipinski definition) is 3. The van der Waals surface area contributed by atoms with Crippen LogP contribution in [0.3, 0.4) is 0 Å². The second-order valence-electron chi connectivity index (χ2n) is 3.62. The number of nitrogens with one attached hydrogen (secondary N) is 1. The molecule has 0 aliphatic heterocycles. The van der Waals surface area contributed by atoms with E-state index >= 15 is 0 Å². The van der Waals surface area contributed by atoms with Gasteiger partial charge in [0.1, 0.15) is 11.3 Å². The van der Waals surface area contributed by atoms with Crippen molar-refractivity contribution in [2.45, 2.75) is 13.8 Å². The normalized spacial score (nSPS) is 11.1. The first-order valence-corrected chi connectivity index (χ1v) is 4.68. The topological polar surface area (TPSA) is 50.8 Å². The van der Waals surface area contributed by atoms with E-state index in [4.69, 9.17) is 4.74 Å². The van der Waals surface area contributed by atoms with E-state index in [1.54, 1.807) is 12.5 Å². The van der Waals surface area contributed by atoms with Gasteiger partial charge in [-0.25, -0.2) is 9.97 Å². The van der Waals surface area contributed by atoms with Crippen LogP contribution >= 0.6 is 0 Å². The SMILES string of the molecule is CC(C)COc1ccnc2nc[nH]c12. The van der Waals surface area contributed by atoms with Crippen molar-refractivity contribution in [3.8, 4) is 5.75 Å². The van der Waals surface area contributed by atoms with E-state index in [0.717, 1.165) is 11.3 Å². The summed E-state index contributed by atoms with van der Waals surface area (Å²) in [7, 11) is 0. The molecular formula is C10H13N3O. The Bertz CT molecular complexity index is 422. The fourth-order valence-corrected chi connectivity index (χ4v) is 1.20. The number of nitrogens with zero attached hydrogens (tertiary/aromatic N) is 2. The molecule has 0 atom stereocenters. The standard InChI is InChI=1S/C10H13N3O/c1-7(2)5-14-8-3-4-11-10-9(8)12-6-13-10/h3-4,6-7H,5H2,1-2H3,(H,11,12,13). The van der Waals surface area contributed by atoms with Crippen LogP contribution in [0.2, 0.25) is 0 Å². The molecule has 0 aliphatic carbocycles. The number of imidazole rings is 1. The van der Waals surface area contributed by atoms with Crippen LogP contribution < -0.4 is 4.74 Å². The Morgan fingerprint density at radius 3 is 3.07 bits per heavy atom.